The van der Waals surface area contributed by atoms with Crippen LogP contribution in [0, 0.1) is 6.92 Å². The third-order valence-electron chi connectivity index (χ3n) is 2.45. The largest absolute Gasteiger partial charge is 0.366 e. The van der Waals surface area contributed by atoms with Gasteiger partial charge in [0.2, 0.25) is 0 Å². The van der Waals surface area contributed by atoms with Crippen LogP contribution in [0.2, 0.25) is 10.0 Å². The summed E-state index contributed by atoms with van der Waals surface area (Å²) in [6.07, 6.45) is 1.77. The molecule has 2 nitrogen and oxygen atoms in total. The fraction of sp³-hybridized carbons (Fsp3) is 0.154. The third kappa shape index (κ3) is 3.77. The van der Waals surface area contributed by atoms with Crippen LogP contribution in [-0.2, 0) is 6.54 Å². The van der Waals surface area contributed by atoms with Gasteiger partial charge in [0.05, 0.1) is 10.0 Å². The van der Waals surface area contributed by atoms with Crippen LogP contribution in [0.25, 0.3) is 0 Å². The summed E-state index contributed by atoms with van der Waals surface area (Å²) in [7, 11) is 0. The first-order valence-electron chi connectivity index (χ1n) is 5.26. The van der Waals surface area contributed by atoms with Gasteiger partial charge >= 0.3 is 0 Å². The Morgan fingerprint density at radius 1 is 1.17 bits per heavy atom. The number of rotatable bonds is 3. The maximum absolute atomic E-state index is 5.95. The monoisotopic (exact) mass is 302 g/mol. The van der Waals surface area contributed by atoms with E-state index < -0.39 is 0 Å². The third-order valence-corrected chi connectivity index (χ3v) is 3.19. The lowest BCUT2D eigenvalue weighted by Crippen LogP contribution is -2.02. The zero-order chi connectivity index (χ0) is 12.3. The van der Waals surface area contributed by atoms with E-state index in [-0.39, 0.29) is 12.4 Å². The molecule has 96 valence electrons. The second kappa shape index (κ2) is 6.83. The van der Waals surface area contributed by atoms with Crippen LogP contribution in [0.4, 0.5) is 5.82 Å². The normalized spacial score (nSPS) is 9.72. The van der Waals surface area contributed by atoms with Crippen molar-refractivity contribution in [2.75, 3.05) is 5.32 Å². The van der Waals surface area contributed by atoms with Crippen LogP contribution < -0.4 is 5.32 Å². The second-order valence-corrected chi connectivity index (χ2v) is 4.59. The Kier molecular flexibility index (Phi) is 5.73. The number of nitrogens with zero attached hydrogens (tertiary/aromatic N) is 1. The number of aryl methyl sites for hydroxylation is 1. The molecule has 0 amide bonds. The van der Waals surface area contributed by atoms with Crippen LogP contribution in [0.15, 0.2) is 36.5 Å². The lowest BCUT2D eigenvalue weighted by Gasteiger charge is -2.08. The summed E-state index contributed by atoms with van der Waals surface area (Å²) in [6.45, 7) is 2.69. The Balaban J connectivity index is 0.00000162. The predicted octanol–water partition coefficient (Wildman–Crippen LogP) is 4.73. The van der Waals surface area contributed by atoms with Gasteiger partial charge in [-0.1, -0.05) is 35.3 Å². The van der Waals surface area contributed by atoms with Gasteiger partial charge in [-0.05, 0) is 36.2 Å². The SMILES string of the molecule is Cc1cccnc1NCc1ccc(Cl)c(Cl)c1.Cl. The Morgan fingerprint density at radius 3 is 2.61 bits per heavy atom. The molecule has 18 heavy (non-hydrogen) atoms. The topological polar surface area (TPSA) is 24.9 Å². The molecule has 2 aromatic rings. The van der Waals surface area contributed by atoms with Crippen molar-refractivity contribution >= 4 is 41.4 Å². The van der Waals surface area contributed by atoms with E-state index in [4.69, 9.17) is 23.2 Å². The van der Waals surface area contributed by atoms with Crippen molar-refractivity contribution in [3.05, 3.63) is 57.7 Å². The van der Waals surface area contributed by atoms with Crippen LogP contribution in [0.3, 0.4) is 0 Å². The molecule has 1 N–H and O–H groups in total. The molecule has 0 aliphatic carbocycles. The van der Waals surface area contributed by atoms with Gasteiger partial charge in [0.25, 0.3) is 0 Å². The quantitative estimate of drug-likeness (QED) is 0.886. The predicted molar refractivity (Wildman–Crippen MR) is 80.0 cm³/mol. The second-order valence-electron chi connectivity index (χ2n) is 3.77. The van der Waals surface area contributed by atoms with E-state index in [1.165, 1.54) is 0 Å². The van der Waals surface area contributed by atoms with E-state index in [2.05, 4.69) is 10.3 Å². The number of hydrogen-bond donors (Lipinski definition) is 1. The fourth-order valence-corrected chi connectivity index (χ4v) is 1.83. The molecule has 0 aliphatic heterocycles. The van der Waals surface area contributed by atoms with Crippen molar-refractivity contribution in [1.82, 2.24) is 4.98 Å². The number of pyridine rings is 1. The molecule has 5 heteroatoms. The van der Waals surface area contributed by atoms with Crippen molar-refractivity contribution in [2.24, 2.45) is 0 Å². The number of anilines is 1. The van der Waals surface area contributed by atoms with Crippen molar-refractivity contribution in [1.29, 1.82) is 0 Å². The standard InChI is InChI=1S/C13H12Cl2N2.ClH/c1-9-3-2-6-16-13(9)17-8-10-4-5-11(14)12(15)7-10;/h2-7H,8H2,1H3,(H,16,17);1H. The molecule has 0 fully saturated rings. The zero-order valence-electron chi connectivity index (χ0n) is 9.78. The first-order valence-corrected chi connectivity index (χ1v) is 6.02. The van der Waals surface area contributed by atoms with Crippen LogP contribution >= 0.6 is 35.6 Å². The average Bonchev–Trinajstić information content (AvgIpc) is 2.32. The lowest BCUT2D eigenvalue weighted by atomic mass is 10.2. The Morgan fingerprint density at radius 2 is 1.94 bits per heavy atom. The van der Waals surface area contributed by atoms with E-state index >= 15 is 0 Å². The Hall–Kier alpha value is -0.960. The first-order chi connectivity index (χ1) is 8.16. The highest BCUT2D eigenvalue weighted by atomic mass is 35.5. The minimum Gasteiger partial charge on any atom is -0.366 e. The molecule has 0 atom stereocenters. The minimum atomic E-state index is 0. The summed E-state index contributed by atoms with van der Waals surface area (Å²) in [6, 6.07) is 9.53. The van der Waals surface area contributed by atoms with E-state index in [9.17, 15) is 0 Å². The van der Waals surface area contributed by atoms with Gasteiger partial charge in [-0.2, -0.15) is 0 Å². The molecule has 0 saturated carbocycles. The zero-order valence-corrected chi connectivity index (χ0v) is 12.1. The number of halogens is 3. The van der Waals surface area contributed by atoms with Gasteiger partial charge in [-0.3, -0.25) is 0 Å². The van der Waals surface area contributed by atoms with Gasteiger partial charge in [-0.25, -0.2) is 4.98 Å². The number of aromatic nitrogens is 1. The molecule has 0 saturated heterocycles. The molecule has 1 heterocycles. The summed E-state index contributed by atoms with van der Waals surface area (Å²) in [5.41, 5.74) is 2.19. The molecule has 0 aliphatic rings. The summed E-state index contributed by atoms with van der Waals surface area (Å²) >= 11 is 11.8. The Labute approximate surface area is 123 Å². The molecule has 1 aromatic heterocycles. The molecule has 2 rings (SSSR count). The van der Waals surface area contributed by atoms with Crippen LogP contribution in [0.1, 0.15) is 11.1 Å². The number of nitrogens with one attached hydrogen (secondary N) is 1. The van der Waals surface area contributed by atoms with Gasteiger partial charge in [0, 0.05) is 12.7 Å². The molecule has 0 radical (unpaired) electrons. The van der Waals surface area contributed by atoms with E-state index in [0.29, 0.717) is 16.6 Å². The average molecular weight is 304 g/mol. The van der Waals surface area contributed by atoms with Crippen molar-refractivity contribution < 1.29 is 0 Å². The summed E-state index contributed by atoms with van der Waals surface area (Å²) in [4.78, 5) is 4.26. The molecule has 1 aromatic carbocycles. The van der Waals surface area contributed by atoms with Crippen LogP contribution in [0.5, 0.6) is 0 Å². The lowest BCUT2D eigenvalue weighted by molar-refractivity contribution is 1.10. The molecular formula is C13H13Cl3N2. The van der Waals surface area contributed by atoms with Gasteiger partial charge in [-0.15, -0.1) is 12.4 Å². The van der Waals surface area contributed by atoms with Crippen molar-refractivity contribution in [2.45, 2.75) is 13.5 Å². The molecular weight excluding hydrogens is 291 g/mol. The smallest absolute Gasteiger partial charge is 0.129 e. The van der Waals surface area contributed by atoms with Crippen molar-refractivity contribution in [3.8, 4) is 0 Å². The highest BCUT2D eigenvalue weighted by Crippen LogP contribution is 2.23. The highest BCUT2D eigenvalue weighted by Gasteiger charge is 2.01. The highest BCUT2D eigenvalue weighted by molar-refractivity contribution is 6.42. The maximum Gasteiger partial charge on any atom is 0.129 e. The number of benzene rings is 1. The van der Waals surface area contributed by atoms with E-state index in [1.54, 1.807) is 12.3 Å². The van der Waals surface area contributed by atoms with Gasteiger partial charge < -0.3 is 5.32 Å². The maximum atomic E-state index is 5.95. The van der Waals surface area contributed by atoms with Crippen molar-refractivity contribution in [3.63, 3.8) is 0 Å². The minimum absolute atomic E-state index is 0. The Bertz CT molecular complexity index is 529. The molecule has 0 spiro atoms. The first kappa shape index (κ1) is 15.1. The summed E-state index contributed by atoms with van der Waals surface area (Å²) in [5, 5.41) is 4.41. The summed E-state index contributed by atoms with van der Waals surface area (Å²) in [5.74, 6) is 0.888. The fourth-order valence-electron chi connectivity index (χ4n) is 1.51. The van der Waals surface area contributed by atoms with E-state index in [0.717, 1.165) is 16.9 Å². The molecule has 0 unspecified atom stereocenters. The summed E-state index contributed by atoms with van der Waals surface area (Å²) < 4.78 is 0. The number of hydrogen-bond acceptors (Lipinski definition) is 2. The molecule has 0 bridgehead atoms. The van der Waals surface area contributed by atoms with E-state index in [1.807, 2.05) is 31.2 Å². The van der Waals surface area contributed by atoms with Crippen LogP contribution in [-0.4, -0.2) is 4.98 Å². The van der Waals surface area contributed by atoms with Gasteiger partial charge in [0.15, 0.2) is 0 Å². The van der Waals surface area contributed by atoms with Gasteiger partial charge in [0.1, 0.15) is 5.82 Å².